The highest BCUT2D eigenvalue weighted by molar-refractivity contribution is 5.79. The minimum Gasteiger partial charge on any atom is -0.354 e. The first-order chi connectivity index (χ1) is 12.8. The molecule has 0 bridgehead atoms. The van der Waals surface area contributed by atoms with Crippen LogP contribution >= 0.6 is 0 Å². The molecule has 1 aliphatic heterocycles. The van der Waals surface area contributed by atoms with E-state index in [1.54, 1.807) is 0 Å². The van der Waals surface area contributed by atoms with E-state index in [2.05, 4.69) is 49.5 Å². The SMILES string of the molecule is CCN1CCN(c2ccc(CNC(=NC)NC3CCCCC3)cn2)CC1. The molecular formula is C20H34N6. The number of guanidine groups is 1. The predicted octanol–water partition coefficient (Wildman–Crippen LogP) is 2.22. The summed E-state index contributed by atoms with van der Waals surface area (Å²) < 4.78 is 0. The summed E-state index contributed by atoms with van der Waals surface area (Å²) in [6.07, 6.45) is 8.52. The van der Waals surface area contributed by atoms with Crippen LogP contribution < -0.4 is 15.5 Å². The summed E-state index contributed by atoms with van der Waals surface area (Å²) in [6.45, 7) is 8.51. The van der Waals surface area contributed by atoms with Crippen molar-refractivity contribution < 1.29 is 0 Å². The average molecular weight is 359 g/mol. The first kappa shape index (κ1) is 19.0. The quantitative estimate of drug-likeness (QED) is 0.624. The van der Waals surface area contributed by atoms with Gasteiger partial charge in [0.25, 0.3) is 0 Å². The topological polar surface area (TPSA) is 55.8 Å². The Morgan fingerprint density at radius 1 is 1.15 bits per heavy atom. The fourth-order valence-corrected chi connectivity index (χ4v) is 3.82. The molecule has 0 atom stereocenters. The molecule has 6 nitrogen and oxygen atoms in total. The molecule has 2 aliphatic rings. The van der Waals surface area contributed by atoms with Gasteiger partial charge in [0.2, 0.25) is 0 Å². The first-order valence-electron chi connectivity index (χ1n) is 10.2. The van der Waals surface area contributed by atoms with Gasteiger partial charge in [-0.25, -0.2) is 4.98 Å². The van der Waals surface area contributed by atoms with Gasteiger partial charge in [-0.3, -0.25) is 4.99 Å². The molecule has 2 fully saturated rings. The average Bonchev–Trinajstić information content (AvgIpc) is 2.72. The maximum Gasteiger partial charge on any atom is 0.191 e. The second kappa shape index (κ2) is 9.76. The maximum atomic E-state index is 4.68. The Balaban J connectivity index is 1.46. The number of nitrogens with one attached hydrogen (secondary N) is 2. The van der Waals surface area contributed by atoms with Crippen molar-refractivity contribution in [1.29, 1.82) is 0 Å². The van der Waals surface area contributed by atoms with E-state index in [4.69, 9.17) is 0 Å². The number of anilines is 1. The molecule has 1 aromatic rings. The Labute approximate surface area is 158 Å². The Hall–Kier alpha value is -1.82. The molecular weight excluding hydrogens is 324 g/mol. The molecule has 2 N–H and O–H groups in total. The number of likely N-dealkylation sites (N-methyl/N-ethyl adjacent to an activating group) is 1. The second-order valence-electron chi connectivity index (χ2n) is 7.35. The van der Waals surface area contributed by atoms with Crippen molar-refractivity contribution in [3.8, 4) is 0 Å². The van der Waals surface area contributed by atoms with Crippen LogP contribution in [0.4, 0.5) is 5.82 Å². The molecule has 0 spiro atoms. The molecule has 144 valence electrons. The van der Waals surface area contributed by atoms with Gasteiger partial charge < -0.3 is 20.4 Å². The minimum atomic E-state index is 0.567. The number of aromatic nitrogens is 1. The van der Waals surface area contributed by atoms with E-state index >= 15 is 0 Å². The highest BCUT2D eigenvalue weighted by Gasteiger charge is 2.17. The highest BCUT2D eigenvalue weighted by atomic mass is 15.3. The van der Waals surface area contributed by atoms with Crippen molar-refractivity contribution in [3.05, 3.63) is 23.9 Å². The van der Waals surface area contributed by atoms with Crippen LogP contribution in [0.25, 0.3) is 0 Å². The zero-order chi connectivity index (χ0) is 18.2. The lowest BCUT2D eigenvalue weighted by atomic mass is 9.96. The molecule has 1 saturated heterocycles. The summed E-state index contributed by atoms with van der Waals surface area (Å²) in [4.78, 5) is 13.9. The summed E-state index contributed by atoms with van der Waals surface area (Å²) in [5, 5.41) is 6.98. The lowest BCUT2D eigenvalue weighted by molar-refractivity contribution is 0.270. The van der Waals surface area contributed by atoms with Crippen molar-refractivity contribution in [3.63, 3.8) is 0 Å². The largest absolute Gasteiger partial charge is 0.354 e. The van der Waals surface area contributed by atoms with E-state index in [-0.39, 0.29) is 0 Å². The van der Waals surface area contributed by atoms with Gasteiger partial charge in [0.15, 0.2) is 5.96 Å². The standard InChI is InChI=1S/C20H34N6/c1-3-25-11-13-26(14-12-25)19-10-9-17(15-22-19)16-23-20(21-2)24-18-7-5-4-6-8-18/h9-10,15,18H,3-8,11-14,16H2,1-2H3,(H2,21,23,24). The van der Waals surface area contributed by atoms with Gasteiger partial charge >= 0.3 is 0 Å². The minimum absolute atomic E-state index is 0.567. The fraction of sp³-hybridized carbons (Fsp3) is 0.700. The number of pyridine rings is 1. The number of hydrogen-bond acceptors (Lipinski definition) is 4. The van der Waals surface area contributed by atoms with Crippen LogP contribution in [0.1, 0.15) is 44.6 Å². The Morgan fingerprint density at radius 3 is 2.54 bits per heavy atom. The molecule has 0 amide bonds. The van der Waals surface area contributed by atoms with Crippen LogP contribution in [0, 0.1) is 0 Å². The van der Waals surface area contributed by atoms with Gasteiger partial charge in [0, 0.05) is 52.0 Å². The van der Waals surface area contributed by atoms with Gasteiger partial charge in [-0.05, 0) is 31.0 Å². The third-order valence-corrected chi connectivity index (χ3v) is 5.58. The van der Waals surface area contributed by atoms with Crippen LogP contribution in [-0.2, 0) is 6.54 Å². The van der Waals surface area contributed by atoms with Crippen molar-refractivity contribution in [2.24, 2.45) is 4.99 Å². The molecule has 26 heavy (non-hydrogen) atoms. The van der Waals surface area contributed by atoms with E-state index in [0.29, 0.717) is 6.04 Å². The normalized spacial score (nSPS) is 20.2. The van der Waals surface area contributed by atoms with Crippen molar-refractivity contribution >= 4 is 11.8 Å². The van der Waals surface area contributed by atoms with Crippen LogP contribution in [0.15, 0.2) is 23.3 Å². The summed E-state index contributed by atoms with van der Waals surface area (Å²) >= 11 is 0. The van der Waals surface area contributed by atoms with Gasteiger partial charge in [0.1, 0.15) is 5.82 Å². The molecule has 6 heteroatoms. The smallest absolute Gasteiger partial charge is 0.191 e. The van der Waals surface area contributed by atoms with E-state index in [0.717, 1.165) is 51.0 Å². The number of rotatable bonds is 5. The molecule has 1 saturated carbocycles. The summed E-state index contributed by atoms with van der Waals surface area (Å²) in [5.41, 5.74) is 1.19. The van der Waals surface area contributed by atoms with E-state index in [1.807, 2.05) is 13.2 Å². The van der Waals surface area contributed by atoms with E-state index in [1.165, 1.54) is 37.7 Å². The Kier molecular flexibility index (Phi) is 7.12. The van der Waals surface area contributed by atoms with Gasteiger partial charge in [-0.1, -0.05) is 32.3 Å². The van der Waals surface area contributed by atoms with E-state index < -0.39 is 0 Å². The Bertz CT molecular complexity index is 556. The van der Waals surface area contributed by atoms with Crippen molar-refractivity contribution in [2.45, 2.75) is 51.6 Å². The Morgan fingerprint density at radius 2 is 1.92 bits per heavy atom. The number of aliphatic imine (C=N–C) groups is 1. The summed E-state index contributed by atoms with van der Waals surface area (Å²) in [5.74, 6) is 1.99. The first-order valence-corrected chi connectivity index (χ1v) is 10.2. The lowest BCUT2D eigenvalue weighted by Crippen LogP contribution is -2.46. The molecule has 1 aromatic heterocycles. The summed E-state index contributed by atoms with van der Waals surface area (Å²) in [6, 6.07) is 4.89. The van der Waals surface area contributed by atoms with Crippen LogP contribution in [0.5, 0.6) is 0 Å². The number of hydrogen-bond donors (Lipinski definition) is 2. The van der Waals surface area contributed by atoms with Crippen LogP contribution in [0.3, 0.4) is 0 Å². The summed E-state index contributed by atoms with van der Waals surface area (Å²) in [7, 11) is 1.84. The third kappa shape index (κ3) is 5.34. The maximum absolute atomic E-state index is 4.68. The van der Waals surface area contributed by atoms with E-state index in [9.17, 15) is 0 Å². The molecule has 0 radical (unpaired) electrons. The van der Waals surface area contributed by atoms with Crippen LogP contribution in [0.2, 0.25) is 0 Å². The van der Waals surface area contributed by atoms with Crippen molar-refractivity contribution in [1.82, 2.24) is 20.5 Å². The zero-order valence-electron chi connectivity index (χ0n) is 16.4. The number of piperazine rings is 1. The number of nitrogens with zero attached hydrogens (tertiary/aromatic N) is 4. The molecule has 0 unspecified atom stereocenters. The van der Waals surface area contributed by atoms with Gasteiger partial charge in [-0.15, -0.1) is 0 Å². The lowest BCUT2D eigenvalue weighted by Gasteiger charge is -2.34. The molecule has 2 heterocycles. The predicted molar refractivity (Wildman–Crippen MR) is 109 cm³/mol. The zero-order valence-corrected chi connectivity index (χ0v) is 16.4. The molecule has 0 aromatic carbocycles. The fourth-order valence-electron chi connectivity index (χ4n) is 3.82. The molecule has 3 rings (SSSR count). The van der Waals surface area contributed by atoms with Gasteiger partial charge in [-0.2, -0.15) is 0 Å². The van der Waals surface area contributed by atoms with Crippen LogP contribution in [-0.4, -0.2) is 61.7 Å². The van der Waals surface area contributed by atoms with Crippen molar-refractivity contribution in [2.75, 3.05) is 44.7 Å². The second-order valence-corrected chi connectivity index (χ2v) is 7.35. The molecule has 1 aliphatic carbocycles. The monoisotopic (exact) mass is 358 g/mol. The highest BCUT2D eigenvalue weighted by Crippen LogP contribution is 2.17. The third-order valence-electron chi connectivity index (χ3n) is 5.58. The van der Waals surface area contributed by atoms with Gasteiger partial charge in [0.05, 0.1) is 0 Å².